The van der Waals surface area contributed by atoms with Crippen molar-refractivity contribution in [3.8, 4) is 0 Å². The Balaban J connectivity index is 0.00000507. The summed E-state index contributed by atoms with van der Waals surface area (Å²) in [7, 11) is -3.94. The summed E-state index contributed by atoms with van der Waals surface area (Å²) >= 11 is 0. The van der Waals surface area contributed by atoms with Crippen molar-refractivity contribution in [1.82, 2.24) is 8.87 Å². The second-order valence-electron chi connectivity index (χ2n) is 8.79. The maximum absolute atomic E-state index is 13.3. The fourth-order valence-corrected chi connectivity index (χ4v) is 5.69. The zero-order valence-electron chi connectivity index (χ0n) is 20.3. The van der Waals surface area contributed by atoms with E-state index in [9.17, 15) is 38.2 Å². The molecule has 1 aliphatic heterocycles. The Labute approximate surface area is 221 Å². The van der Waals surface area contributed by atoms with Gasteiger partial charge in [-0.25, -0.2) is 8.42 Å². The van der Waals surface area contributed by atoms with E-state index in [0.29, 0.717) is 12.0 Å². The number of nitrogens with two attached hydrogens (primary N) is 1. The Kier molecular flexibility index (Phi) is 9.60. The van der Waals surface area contributed by atoms with Crippen molar-refractivity contribution in [2.75, 3.05) is 26.3 Å². The molecule has 0 unspecified atom stereocenters. The first-order chi connectivity index (χ1) is 17.3. The van der Waals surface area contributed by atoms with Crippen molar-refractivity contribution in [2.45, 2.75) is 37.9 Å². The Hall–Kier alpha value is -3.54. The molecule has 16 nitrogen and oxygen atoms in total. The number of carbonyl (C=O) groups excluding carboxylic acids is 1. The molecule has 0 amide bonds. The van der Waals surface area contributed by atoms with Crippen LogP contribution in [0.25, 0.3) is 10.8 Å². The summed E-state index contributed by atoms with van der Waals surface area (Å²) in [6.45, 7) is 0.611. The summed E-state index contributed by atoms with van der Waals surface area (Å²) in [5, 5.41) is 19.0. The van der Waals surface area contributed by atoms with Crippen LogP contribution in [0.15, 0.2) is 34.1 Å². The molecule has 210 valence electrons. The number of ether oxygens (including phenoxy) is 1. The van der Waals surface area contributed by atoms with Gasteiger partial charge in [-0.1, -0.05) is 6.07 Å². The first kappa shape index (κ1) is 30.7. The lowest BCUT2D eigenvalue weighted by Gasteiger charge is -2.25. The third kappa shape index (κ3) is 6.47. The highest BCUT2D eigenvalue weighted by Gasteiger charge is 2.38. The standard InChI is InChI=1S/C20H25N5O11S.ClH/c1-13-8-22(12-34-19(27)20(2,10-35-24(28)29)11-36-25(30)31)18(26)15-4-3-5-16(17(13)15)37(32,33)23-7-6-14(21)9-23;/h3-5,8,14H,6-7,9-12,21H2,1-2H3;1H/t14-;/m0./s1. The van der Waals surface area contributed by atoms with E-state index in [4.69, 9.17) is 10.5 Å². The lowest BCUT2D eigenvalue weighted by atomic mass is 9.93. The summed E-state index contributed by atoms with van der Waals surface area (Å²) in [5.74, 6) is -1.16. The van der Waals surface area contributed by atoms with Crippen LogP contribution in [0.3, 0.4) is 0 Å². The number of pyridine rings is 1. The van der Waals surface area contributed by atoms with Crippen molar-refractivity contribution in [1.29, 1.82) is 0 Å². The monoisotopic (exact) mass is 579 g/mol. The van der Waals surface area contributed by atoms with Crippen LogP contribution in [0, 0.1) is 32.6 Å². The lowest BCUT2D eigenvalue weighted by Crippen LogP contribution is -2.41. The van der Waals surface area contributed by atoms with E-state index in [1.807, 2.05) is 0 Å². The van der Waals surface area contributed by atoms with Gasteiger partial charge in [0, 0.05) is 36.1 Å². The molecule has 18 heteroatoms. The van der Waals surface area contributed by atoms with Gasteiger partial charge in [-0.05, 0) is 38.0 Å². The van der Waals surface area contributed by atoms with Crippen LogP contribution in [-0.2, 0) is 36.0 Å². The van der Waals surface area contributed by atoms with Gasteiger partial charge < -0.3 is 20.1 Å². The number of aromatic nitrogens is 1. The molecule has 2 aromatic rings. The molecule has 0 bridgehead atoms. The van der Waals surface area contributed by atoms with E-state index in [2.05, 4.69) is 9.68 Å². The second-order valence-corrected chi connectivity index (χ2v) is 10.7. The molecule has 1 aromatic carbocycles. The van der Waals surface area contributed by atoms with Gasteiger partial charge in [0.2, 0.25) is 10.0 Å². The number of fused-ring (bicyclic) bond motifs is 1. The number of sulfonamides is 1. The van der Waals surface area contributed by atoms with Gasteiger partial charge in [0.15, 0.2) is 6.73 Å². The highest BCUT2D eigenvalue weighted by atomic mass is 35.5. The second kappa shape index (κ2) is 11.9. The Bertz CT molecular complexity index is 1380. The Morgan fingerprint density at radius 3 is 2.34 bits per heavy atom. The van der Waals surface area contributed by atoms with Crippen LogP contribution in [0.2, 0.25) is 0 Å². The van der Waals surface area contributed by atoms with Crippen molar-refractivity contribution in [3.05, 3.63) is 60.5 Å². The average Bonchev–Trinajstić information content (AvgIpc) is 3.29. The maximum Gasteiger partial charge on any atom is 0.317 e. The molecule has 38 heavy (non-hydrogen) atoms. The summed E-state index contributed by atoms with van der Waals surface area (Å²) in [5.41, 5.74) is 3.63. The van der Waals surface area contributed by atoms with Crippen molar-refractivity contribution in [2.24, 2.45) is 11.1 Å². The molecular weight excluding hydrogens is 554 g/mol. The van der Waals surface area contributed by atoms with Crippen LogP contribution >= 0.6 is 12.4 Å². The van der Waals surface area contributed by atoms with Crippen LogP contribution < -0.4 is 11.3 Å². The highest BCUT2D eigenvalue weighted by Crippen LogP contribution is 2.29. The molecule has 0 radical (unpaired) electrons. The smallest absolute Gasteiger partial charge is 0.317 e. The SMILES string of the molecule is Cc1cn(COC(=O)C(C)(CO[N+](=O)[O-])CO[N+](=O)[O-])c(=O)c2cccc(S(=O)(=O)N3CC[C@H](N)C3)c12.Cl. The third-order valence-corrected chi connectivity index (χ3v) is 7.78. The highest BCUT2D eigenvalue weighted by molar-refractivity contribution is 7.89. The lowest BCUT2D eigenvalue weighted by molar-refractivity contribution is -0.770. The zero-order valence-corrected chi connectivity index (χ0v) is 21.9. The number of benzene rings is 1. The molecule has 0 aliphatic carbocycles. The maximum atomic E-state index is 13.3. The molecule has 2 heterocycles. The minimum absolute atomic E-state index is 0. The number of esters is 1. The number of halogens is 1. The molecule has 2 N–H and O–H groups in total. The molecule has 1 aliphatic rings. The molecule has 1 atom stereocenters. The van der Waals surface area contributed by atoms with Gasteiger partial charge in [0.05, 0.1) is 4.90 Å². The predicted molar refractivity (Wildman–Crippen MR) is 132 cm³/mol. The topological polar surface area (TPSA) is 216 Å². The van der Waals surface area contributed by atoms with Crippen LogP contribution in [0.5, 0.6) is 0 Å². The number of carbonyl (C=O) groups is 1. The normalized spacial score (nSPS) is 16.0. The Morgan fingerprint density at radius 1 is 1.21 bits per heavy atom. The van der Waals surface area contributed by atoms with Gasteiger partial charge in [-0.3, -0.25) is 14.2 Å². The molecular formula is C20H26ClN5O11S. The number of nitrogens with zero attached hydrogens (tertiary/aromatic N) is 4. The fraction of sp³-hybridized carbons (Fsp3) is 0.500. The summed E-state index contributed by atoms with van der Waals surface area (Å²) in [6, 6.07) is 3.96. The first-order valence-corrected chi connectivity index (χ1v) is 12.3. The zero-order chi connectivity index (χ0) is 27.5. The molecule has 1 saturated heterocycles. The largest absolute Gasteiger partial charge is 0.443 e. The van der Waals surface area contributed by atoms with Crippen LogP contribution in [0.4, 0.5) is 0 Å². The summed E-state index contributed by atoms with van der Waals surface area (Å²) in [6.07, 6.45) is 1.81. The van der Waals surface area contributed by atoms with Gasteiger partial charge >= 0.3 is 5.97 Å². The molecule has 3 rings (SSSR count). The molecule has 0 spiro atoms. The quantitative estimate of drug-likeness (QED) is 0.217. The van der Waals surface area contributed by atoms with E-state index in [1.165, 1.54) is 28.7 Å². The fourth-order valence-electron chi connectivity index (χ4n) is 3.90. The number of hydrogen-bond donors (Lipinski definition) is 1. The minimum Gasteiger partial charge on any atom is -0.443 e. The van der Waals surface area contributed by atoms with Crippen molar-refractivity contribution < 1.29 is 37.8 Å². The third-order valence-electron chi connectivity index (χ3n) is 5.87. The number of rotatable bonds is 11. The molecule has 0 saturated carbocycles. The van der Waals surface area contributed by atoms with Crippen LogP contribution in [0.1, 0.15) is 18.9 Å². The van der Waals surface area contributed by atoms with E-state index >= 15 is 0 Å². The first-order valence-electron chi connectivity index (χ1n) is 10.9. The predicted octanol–water partition coefficient (Wildman–Crippen LogP) is 0.377. The van der Waals surface area contributed by atoms with Gasteiger partial charge in [-0.15, -0.1) is 32.6 Å². The summed E-state index contributed by atoms with van der Waals surface area (Å²) < 4.78 is 33.9. The number of hydrogen-bond acceptors (Lipinski definition) is 12. The van der Waals surface area contributed by atoms with Crippen molar-refractivity contribution >= 4 is 39.2 Å². The van der Waals surface area contributed by atoms with Gasteiger partial charge in [-0.2, -0.15) is 4.31 Å². The minimum atomic E-state index is -3.94. The number of aryl methyl sites for hydroxylation is 1. The molecule has 1 aromatic heterocycles. The summed E-state index contributed by atoms with van der Waals surface area (Å²) in [4.78, 5) is 55.2. The van der Waals surface area contributed by atoms with E-state index < -0.39 is 57.1 Å². The van der Waals surface area contributed by atoms with Crippen molar-refractivity contribution in [3.63, 3.8) is 0 Å². The van der Waals surface area contributed by atoms with E-state index in [1.54, 1.807) is 6.92 Å². The van der Waals surface area contributed by atoms with Gasteiger partial charge in [0.1, 0.15) is 18.6 Å². The Morgan fingerprint density at radius 2 is 1.82 bits per heavy atom. The van der Waals surface area contributed by atoms with E-state index in [0.717, 1.165) is 11.5 Å². The van der Waals surface area contributed by atoms with Crippen LogP contribution in [-0.4, -0.2) is 65.8 Å². The average molecular weight is 580 g/mol. The van der Waals surface area contributed by atoms with E-state index in [-0.39, 0.29) is 47.2 Å². The van der Waals surface area contributed by atoms with Gasteiger partial charge in [0.25, 0.3) is 15.7 Å². The molecule has 1 fully saturated rings.